The van der Waals surface area contributed by atoms with Crippen molar-refractivity contribution in [2.24, 2.45) is 0 Å². The van der Waals surface area contributed by atoms with Crippen LogP contribution in [-0.2, 0) is 10.8 Å². The van der Waals surface area contributed by atoms with Gasteiger partial charge in [-0.1, -0.05) is 137 Å². The van der Waals surface area contributed by atoms with Crippen molar-refractivity contribution >= 4 is 43.4 Å². The van der Waals surface area contributed by atoms with Gasteiger partial charge in [0.15, 0.2) is 0 Å². The van der Waals surface area contributed by atoms with Gasteiger partial charge in [0.05, 0.1) is 11.0 Å². The molecule has 0 fully saturated rings. The fraction of sp³-hybridized carbons (Fsp3) is 0.136. The van der Waals surface area contributed by atoms with Crippen molar-refractivity contribution < 1.29 is 0 Å². The molecule has 0 radical (unpaired) electrons. The van der Waals surface area contributed by atoms with E-state index in [1.165, 1.54) is 82.4 Å². The van der Waals surface area contributed by atoms with Gasteiger partial charge in [0.25, 0.3) is 0 Å². The molecule has 8 aromatic rings. The zero-order valence-corrected chi connectivity index (χ0v) is 26.2. The van der Waals surface area contributed by atoms with E-state index in [0.717, 1.165) is 0 Å². The first-order valence-electron chi connectivity index (χ1n) is 16.0. The maximum Gasteiger partial charge on any atom is 0.0541 e. The van der Waals surface area contributed by atoms with Crippen LogP contribution < -0.4 is 0 Å². The average Bonchev–Trinajstić information content (AvgIpc) is 3.41. The van der Waals surface area contributed by atoms with Crippen LogP contribution in [0.5, 0.6) is 0 Å². The van der Waals surface area contributed by atoms with Crippen LogP contribution in [-0.4, -0.2) is 4.57 Å². The normalized spacial score (nSPS) is 15.0. The number of rotatable bonds is 2. The molecular formula is C44H35N. The molecule has 7 aromatic carbocycles. The first-order chi connectivity index (χ1) is 21.8. The van der Waals surface area contributed by atoms with E-state index >= 15 is 0 Å². The number of nitrogens with zero attached hydrogens (tertiary/aromatic N) is 1. The highest BCUT2D eigenvalue weighted by molar-refractivity contribution is 6.13. The minimum atomic E-state index is -0.0568. The zero-order valence-electron chi connectivity index (χ0n) is 26.2. The molecule has 1 heterocycles. The van der Waals surface area contributed by atoms with Gasteiger partial charge < -0.3 is 4.57 Å². The average molecular weight is 578 g/mol. The van der Waals surface area contributed by atoms with Crippen molar-refractivity contribution in [1.29, 1.82) is 0 Å². The van der Waals surface area contributed by atoms with E-state index in [0.29, 0.717) is 0 Å². The molecule has 0 N–H and O–H groups in total. The molecule has 0 atom stereocenters. The summed E-state index contributed by atoms with van der Waals surface area (Å²) < 4.78 is 2.39. The predicted molar refractivity (Wildman–Crippen MR) is 193 cm³/mol. The van der Waals surface area contributed by atoms with Gasteiger partial charge >= 0.3 is 0 Å². The number of hydrogen-bond acceptors (Lipinski definition) is 0. The first kappa shape index (κ1) is 26.3. The van der Waals surface area contributed by atoms with E-state index in [1.807, 2.05) is 0 Å². The van der Waals surface area contributed by atoms with Crippen LogP contribution in [0.1, 0.15) is 38.8 Å². The maximum absolute atomic E-state index is 2.47. The molecule has 1 heteroatoms. The molecule has 1 aliphatic rings. The molecular weight excluding hydrogens is 542 g/mol. The summed E-state index contributed by atoms with van der Waals surface area (Å²) >= 11 is 0. The van der Waals surface area contributed by atoms with Gasteiger partial charge in [-0.05, 0) is 96.1 Å². The standard InChI is InChI=1S/C44H35N/c1-43(2)38-26-25-33-32-12-6-5-11-29(32)19-23-36(33)42(38)37-24-20-30(27-39(37)44(43,3)4)28-17-21-31(22-18-28)45-40-15-9-7-13-34(40)35-14-8-10-16-41(35)45/h5-27H,1-4H3. The maximum atomic E-state index is 2.47. The van der Waals surface area contributed by atoms with Gasteiger partial charge in [-0.3, -0.25) is 0 Å². The fourth-order valence-electron chi connectivity index (χ4n) is 8.04. The molecule has 9 rings (SSSR count). The molecule has 45 heavy (non-hydrogen) atoms. The molecule has 0 spiro atoms. The van der Waals surface area contributed by atoms with Gasteiger partial charge in [-0.25, -0.2) is 0 Å². The molecule has 0 saturated carbocycles. The Bertz CT molecular complexity index is 2420. The minimum absolute atomic E-state index is 0.0474. The Balaban J connectivity index is 1.21. The highest BCUT2D eigenvalue weighted by atomic mass is 15.0. The van der Waals surface area contributed by atoms with Crippen LogP contribution in [0.25, 0.3) is 71.3 Å². The Kier molecular flexibility index (Phi) is 5.37. The van der Waals surface area contributed by atoms with Crippen LogP contribution in [0.2, 0.25) is 0 Å². The van der Waals surface area contributed by atoms with Crippen molar-refractivity contribution in [3.05, 3.63) is 151 Å². The number of hydrogen-bond donors (Lipinski definition) is 0. The van der Waals surface area contributed by atoms with E-state index < -0.39 is 0 Å². The van der Waals surface area contributed by atoms with E-state index in [4.69, 9.17) is 0 Å². The van der Waals surface area contributed by atoms with Crippen LogP contribution in [0.4, 0.5) is 0 Å². The molecule has 1 aliphatic carbocycles. The Hall–Kier alpha value is -5.14. The summed E-state index contributed by atoms with van der Waals surface area (Å²) in [5.41, 5.74) is 11.7. The molecule has 0 aliphatic heterocycles. The lowest BCUT2D eigenvalue weighted by Crippen LogP contribution is -2.43. The summed E-state index contributed by atoms with van der Waals surface area (Å²) in [6.45, 7) is 9.70. The summed E-state index contributed by atoms with van der Waals surface area (Å²) in [4.78, 5) is 0. The molecule has 1 nitrogen and oxygen atoms in total. The lowest BCUT2D eigenvalue weighted by Gasteiger charge is -2.48. The van der Waals surface area contributed by atoms with Crippen LogP contribution in [0.15, 0.2) is 140 Å². The zero-order chi connectivity index (χ0) is 30.5. The Morgan fingerprint density at radius 1 is 0.422 bits per heavy atom. The second-order valence-corrected chi connectivity index (χ2v) is 13.8. The molecule has 0 bridgehead atoms. The number of aromatic nitrogens is 1. The van der Waals surface area contributed by atoms with Gasteiger partial charge in [0.1, 0.15) is 0 Å². The first-order valence-corrected chi connectivity index (χ1v) is 16.0. The largest absolute Gasteiger partial charge is 0.309 e. The summed E-state index contributed by atoms with van der Waals surface area (Å²) in [5, 5.41) is 7.87. The van der Waals surface area contributed by atoms with E-state index in [9.17, 15) is 0 Å². The summed E-state index contributed by atoms with van der Waals surface area (Å²) in [6, 6.07) is 51.9. The highest BCUT2D eigenvalue weighted by Crippen LogP contribution is 2.56. The quantitative estimate of drug-likeness (QED) is 0.180. The fourth-order valence-corrected chi connectivity index (χ4v) is 8.04. The molecule has 0 amide bonds. The highest BCUT2D eigenvalue weighted by Gasteiger charge is 2.46. The summed E-state index contributed by atoms with van der Waals surface area (Å²) in [5.74, 6) is 0. The Morgan fingerprint density at radius 3 is 1.71 bits per heavy atom. The second-order valence-electron chi connectivity index (χ2n) is 13.8. The van der Waals surface area contributed by atoms with Crippen LogP contribution >= 0.6 is 0 Å². The lowest BCUT2D eigenvalue weighted by molar-refractivity contribution is 0.299. The van der Waals surface area contributed by atoms with Crippen LogP contribution in [0.3, 0.4) is 0 Å². The number of benzene rings is 7. The smallest absolute Gasteiger partial charge is 0.0541 e. The molecule has 0 saturated heterocycles. The monoisotopic (exact) mass is 577 g/mol. The summed E-state index contributed by atoms with van der Waals surface area (Å²) in [6.07, 6.45) is 0. The van der Waals surface area contributed by atoms with E-state index in [-0.39, 0.29) is 10.8 Å². The lowest BCUT2D eigenvalue weighted by atomic mass is 9.55. The van der Waals surface area contributed by atoms with Gasteiger partial charge in [0, 0.05) is 16.5 Å². The van der Waals surface area contributed by atoms with Crippen molar-refractivity contribution in [1.82, 2.24) is 4.57 Å². The third-order valence-corrected chi connectivity index (χ3v) is 11.2. The predicted octanol–water partition coefficient (Wildman–Crippen LogP) is 12.0. The second kappa shape index (κ2) is 9.19. The van der Waals surface area contributed by atoms with Crippen molar-refractivity contribution in [3.8, 4) is 27.9 Å². The van der Waals surface area contributed by atoms with Crippen molar-refractivity contribution in [2.45, 2.75) is 38.5 Å². The number of para-hydroxylation sites is 2. The van der Waals surface area contributed by atoms with Gasteiger partial charge in [0.2, 0.25) is 0 Å². The third kappa shape index (κ3) is 3.56. The Labute approximate surface area is 264 Å². The van der Waals surface area contributed by atoms with Crippen molar-refractivity contribution in [3.63, 3.8) is 0 Å². The molecule has 1 aromatic heterocycles. The summed E-state index contributed by atoms with van der Waals surface area (Å²) in [7, 11) is 0. The van der Waals surface area contributed by atoms with Gasteiger partial charge in [-0.15, -0.1) is 0 Å². The van der Waals surface area contributed by atoms with E-state index in [2.05, 4.69) is 172 Å². The Morgan fingerprint density at radius 2 is 1.00 bits per heavy atom. The molecule has 0 unspecified atom stereocenters. The topological polar surface area (TPSA) is 4.93 Å². The molecule has 216 valence electrons. The van der Waals surface area contributed by atoms with Crippen molar-refractivity contribution in [2.75, 3.05) is 0 Å². The van der Waals surface area contributed by atoms with Crippen LogP contribution in [0, 0.1) is 0 Å². The third-order valence-electron chi connectivity index (χ3n) is 11.2. The minimum Gasteiger partial charge on any atom is -0.309 e. The number of fused-ring (bicyclic) bond motifs is 10. The SMILES string of the molecule is CC1(C)c2cc(-c3ccc(-n4c5ccccc5c5ccccc54)cc3)ccc2-c2c(ccc3c2ccc2ccccc23)C1(C)C. The van der Waals surface area contributed by atoms with Gasteiger partial charge in [-0.2, -0.15) is 0 Å². The van der Waals surface area contributed by atoms with E-state index in [1.54, 1.807) is 0 Å².